The van der Waals surface area contributed by atoms with Crippen LogP contribution in [0, 0.1) is 6.92 Å². The van der Waals surface area contributed by atoms with Gasteiger partial charge in [-0.3, -0.25) is 14.6 Å². The Hall–Kier alpha value is -3.22. The van der Waals surface area contributed by atoms with Crippen molar-refractivity contribution in [3.63, 3.8) is 0 Å². The maximum atomic E-state index is 11.8. The molecule has 0 atom stereocenters. The van der Waals surface area contributed by atoms with Crippen LogP contribution in [-0.2, 0) is 11.3 Å². The van der Waals surface area contributed by atoms with E-state index < -0.39 is 5.91 Å². The van der Waals surface area contributed by atoms with Crippen molar-refractivity contribution in [1.29, 1.82) is 0 Å². The van der Waals surface area contributed by atoms with Gasteiger partial charge in [-0.25, -0.2) is 4.68 Å². The van der Waals surface area contributed by atoms with Gasteiger partial charge >= 0.3 is 0 Å². The van der Waals surface area contributed by atoms with Crippen LogP contribution in [-0.4, -0.2) is 26.6 Å². The lowest BCUT2D eigenvalue weighted by atomic mass is 10.1. The summed E-state index contributed by atoms with van der Waals surface area (Å²) in [5.74, 6) is -0.498. The van der Waals surface area contributed by atoms with Crippen LogP contribution in [0.1, 0.15) is 15.9 Å². The first kappa shape index (κ1) is 13.4. The predicted molar refractivity (Wildman–Crippen MR) is 84.8 cm³/mol. The molecular weight excluding hydrogens is 294 g/mol. The number of nitrogens with two attached hydrogens (primary N) is 1. The number of nitrogens with zero attached hydrogens (tertiary/aromatic N) is 3. The topological polar surface area (TPSA) is 103 Å². The Morgan fingerprint density at radius 2 is 2.17 bits per heavy atom. The van der Waals surface area contributed by atoms with Gasteiger partial charge in [-0.05, 0) is 24.6 Å². The van der Waals surface area contributed by atoms with Crippen LogP contribution in [0.4, 0.5) is 5.82 Å². The number of hydrogen-bond acceptors (Lipinski definition) is 4. The Bertz CT molecular complexity index is 990. The van der Waals surface area contributed by atoms with Crippen LogP contribution in [0.3, 0.4) is 0 Å². The second kappa shape index (κ2) is 4.64. The Morgan fingerprint density at radius 3 is 2.96 bits per heavy atom. The van der Waals surface area contributed by atoms with E-state index >= 15 is 0 Å². The molecule has 2 aromatic heterocycles. The molecule has 0 fully saturated rings. The second-order valence-electron chi connectivity index (χ2n) is 5.56. The third kappa shape index (κ3) is 2.05. The molecule has 0 aliphatic carbocycles. The van der Waals surface area contributed by atoms with Gasteiger partial charge in [-0.2, -0.15) is 5.10 Å². The zero-order valence-corrected chi connectivity index (χ0v) is 12.3. The maximum absolute atomic E-state index is 11.8. The number of aryl methyl sites for hydroxylation is 1. The molecule has 3 heterocycles. The zero-order chi connectivity index (χ0) is 16.1. The van der Waals surface area contributed by atoms with Crippen LogP contribution in [0.5, 0.6) is 0 Å². The van der Waals surface area contributed by atoms with E-state index in [1.807, 2.05) is 31.2 Å². The van der Waals surface area contributed by atoms with Crippen LogP contribution in [0.15, 0.2) is 30.5 Å². The normalized spacial score (nSPS) is 13.2. The van der Waals surface area contributed by atoms with Crippen LogP contribution < -0.4 is 11.1 Å². The molecule has 7 nitrogen and oxygen atoms in total. The van der Waals surface area contributed by atoms with Gasteiger partial charge in [0.2, 0.25) is 5.91 Å². The number of amides is 2. The monoisotopic (exact) mass is 307 g/mol. The smallest absolute Gasteiger partial charge is 0.254 e. The van der Waals surface area contributed by atoms with E-state index in [0.717, 1.165) is 16.5 Å². The van der Waals surface area contributed by atoms with Crippen molar-refractivity contribution in [2.45, 2.75) is 13.5 Å². The number of aromatic nitrogens is 3. The van der Waals surface area contributed by atoms with E-state index in [2.05, 4.69) is 15.4 Å². The van der Waals surface area contributed by atoms with E-state index in [9.17, 15) is 9.59 Å². The van der Waals surface area contributed by atoms with E-state index in [0.29, 0.717) is 17.1 Å². The molecule has 0 radical (unpaired) electrons. The average Bonchev–Trinajstić information content (AvgIpc) is 3.02. The summed E-state index contributed by atoms with van der Waals surface area (Å²) in [7, 11) is 0. The van der Waals surface area contributed by atoms with Crippen LogP contribution in [0.25, 0.3) is 22.2 Å². The first-order chi connectivity index (χ1) is 11.0. The Morgan fingerprint density at radius 1 is 1.35 bits per heavy atom. The third-order valence-electron chi connectivity index (χ3n) is 3.86. The highest BCUT2D eigenvalue weighted by Gasteiger charge is 2.29. The molecule has 2 amide bonds. The number of carbonyl (C=O) groups is 2. The molecule has 1 aliphatic heterocycles. The van der Waals surface area contributed by atoms with Crippen molar-refractivity contribution < 1.29 is 9.59 Å². The van der Waals surface area contributed by atoms with E-state index in [1.54, 1.807) is 6.20 Å². The SMILES string of the molecule is Cc1ccc2cc(-c3nn4c(c3C(N)=O)NC(=O)C4)cnc2c1. The largest absolute Gasteiger partial charge is 0.365 e. The lowest BCUT2D eigenvalue weighted by Crippen LogP contribution is -2.15. The summed E-state index contributed by atoms with van der Waals surface area (Å²) in [6, 6.07) is 7.86. The number of nitrogens with one attached hydrogen (secondary N) is 1. The van der Waals surface area contributed by atoms with Gasteiger partial charge in [-0.1, -0.05) is 12.1 Å². The van der Waals surface area contributed by atoms with Crippen molar-refractivity contribution in [1.82, 2.24) is 14.8 Å². The van der Waals surface area contributed by atoms with Crippen molar-refractivity contribution in [2.75, 3.05) is 5.32 Å². The minimum atomic E-state index is -0.632. The number of pyridine rings is 1. The lowest BCUT2D eigenvalue weighted by molar-refractivity contribution is -0.115. The van der Waals surface area contributed by atoms with Gasteiger partial charge < -0.3 is 11.1 Å². The van der Waals surface area contributed by atoms with E-state index in [1.165, 1.54) is 4.68 Å². The summed E-state index contributed by atoms with van der Waals surface area (Å²) >= 11 is 0. The third-order valence-corrected chi connectivity index (χ3v) is 3.86. The fourth-order valence-corrected chi connectivity index (χ4v) is 2.81. The van der Waals surface area contributed by atoms with Crippen LogP contribution in [0.2, 0.25) is 0 Å². The number of carbonyl (C=O) groups excluding carboxylic acids is 2. The molecule has 3 N–H and O–H groups in total. The molecule has 0 saturated carbocycles. The summed E-state index contributed by atoms with van der Waals surface area (Å²) in [6.07, 6.45) is 1.66. The molecule has 1 aromatic carbocycles. The second-order valence-corrected chi connectivity index (χ2v) is 5.56. The zero-order valence-electron chi connectivity index (χ0n) is 12.3. The molecule has 114 valence electrons. The first-order valence-corrected chi connectivity index (χ1v) is 7.10. The maximum Gasteiger partial charge on any atom is 0.254 e. The van der Waals surface area contributed by atoms with Crippen molar-refractivity contribution in [2.24, 2.45) is 5.73 Å². The van der Waals surface area contributed by atoms with E-state index in [-0.39, 0.29) is 18.0 Å². The molecule has 23 heavy (non-hydrogen) atoms. The highest BCUT2D eigenvalue weighted by molar-refractivity contribution is 6.08. The van der Waals surface area contributed by atoms with Gasteiger partial charge in [-0.15, -0.1) is 0 Å². The van der Waals surface area contributed by atoms with Gasteiger partial charge in [0, 0.05) is 17.1 Å². The fourth-order valence-electron chi connectivity index (χ4n) is 2.81. The number of hydrogen-bond donors (Lipinski definition) is 2. The molecule has 0 spiro atoms. The number of rotatable bonds is 2. The minimum absolute atomic E-state index is 0.0792. The molecule has 7 heteroatoms. The molecule has 0 saturated heterocycles. The number of anilines is 1. The average molecular weight is 307 g/mol. The fraction of sp³-hybridized carbons (Fsp3) is 0.125. The highest BCUT2D eigenvalue weighted by atomic mass is 16.2. The van der Waals surface area contributed by atoms with Crippen molar-refractivity contribution in [3.8, 4) is 11.3 Å². The molecule has 0 unspecified atom stereocenters. The summed E-state index contributed by atoms with van der Waals surface area (Å²) in [5.41, 5.74) is 8.81. The number of primary amides is 1. The molecule has 1 aliphatic rings. The summed E-state index contributed by atoms with van der Waals surface area (Å²) in [4.78, 5) is 27.7. The number of benzene rings is 1. The molecular formula is C16H13N5O2. The number of fused-ring (bicyclic) bond motifs is 2. The lowest BCUT2D eigenvalue weighted by Gasteiger charge is -2.04. The van der Waals surface area contributed by atoms with Crippen LogP contribution >= 0.6 is 0 Å². The summed E-state index contributed by atoms with van der Waals surface area (Å²) < 4.78 is 1.46. The highest BCUT2D eigenvalue weighted by Crippen LogP contribution is 2.32. The van der Waals surface area contributed by atoms with Crippen molar-refractivity contribution >= 4 is 28.5 Å². The van der Waals surface area contributed by atoms with Gasteiger partial charge in [0.25, 0.3) is 5.91 Å². The summed E-state index contributed by atoms with van der Waals surface area (Å²) in [6.45, 7) is 2.08. The Balaban J connectivity index is 1.91. The Labute approximate surface area is 131 Å². The summed E-state index contributed by atoms with van der Waals surface area (Å²) in [5, 5.41) is 7.92. The van der Waals surface area contributed by atoms with Gasteiger partial charge in [0.05, 0.1) is 5.52 Å². The standard InChI is InChI=1S/C16H13N5O2/c1-8-2-3-9-5-10(6-18-11(9)4-8)14-13(15(17)23)16-19-12(22)7-21(16)20-14/h2-6H,7H2,1H3,(H2,17,23)(H,19,22). The van der Waals surface area contributed by atoms with Crippen molar-refractivity contribution in [3.05, 3.63) is 41.6 Å². The van der Waals surface area contributed by atoms with Gasteiger partial charge in [0.1, 0.15) is 23.6 Å². The first-order valence-electron chi connectivity index (χ1n) is 7.10. The Kier molecular flexibility index (Phi) is 2.71. The quantitative estimate of drug-likeness (QED) is 0.748. The van der Waals surface area contributed by atoms with Gasteiger partial charge in [0.15, 0.2) is 0 Å². The van der Waals surface area contributed by atoms with E-state index in [4.69, 9.17) is 5.73 Å². The molecule has 4 rings (SSSR count). The minimum Gasteiger partial charge on any atom is -0.365 e. The predicted octanol–water partition coefficient (Wildman–Crippen LogP) is 1.46. The molecule has 3 aromatic rings. The molecule has 0 bridgehead atoms.